The highest BCUT2D eigenvalue weighted by Crippen LogP contribution is 2.40. The number of rotatable bonds is 1. The maximum atomic E-state index is 11.6. The van der Waals surface area contributed by atoms with Crippen molar-refractivity contribution in [2.75, 3.05) is 6.61 Å². The van der Waals surface area contributed by atoms with Crippen molar-refractivity contribution in [3.8, 4) is 0 Å². The molecule has 0 saturated carbocycles. The van der Waals surface area contributed by atoms with Gasteiger partial charge in [0.1, 0.15) is 0 Å². The minimum Gasteiger partial charge on any atom is -0.396 e. The largest absolute Gasteiger partial charge is 0.396 e. The molecule has 2 amide bonds. The van der Waals surface area contributed by atoms with Gasteiger partial charge in [-0.1, -0.05) is 18.6 Å². The van der Waals surface area contributed by atoms with Crippen LogP contribution in [0.15, 0.2) is 11.6 Å². The van der Waals surface area contributed by atoms with Gasteiger partial charge in [-0.3, -0.25) is 14.9 Å². The van der Waals surface area contributed by atoms with Crippen LogP contribution < -0.4 is 5.32 Å². The van der Waals surface area contributed by atoms with Gasteiger partial charge in [-0.15, -0.1) is 0 Å². The monoisotopic (exact) mass is 209 g/mol. The first-order valence-corrected chi connectivity index (χ1v) is 5.20. The molecule has 1 aliphatic heterocycles. The summed E-state index contributed by atoms with van der Waals surface area (Å²) in [6.45, 7) is 3.82. The van der Waals surface area contributed by atoms with E-state index in [2.05, 4.69) is 5.32 Å². The summed E-state index contributed by atoms with van der Waals surface area (Å²) >= 11 is 0. The molecule has 4 heteroatoms. The summed E-state index contributed by atoms with van der Waals surface area (Å²) in [5.41, 5.74) is 1.08. The van der Waals surface area contributed by atoms with Crippen LogP contribution in [-0.2, 0) is 9.59 Å². The van der Waals surface area contributed by atoms with E-state index in [1.54, 1.807) is 0 Å². The minimum atomic E-state index is -0.374. The number of amides is 2. The molecular weight excluding hydrogens is 194 g/mol. The van der Waals surface area contributed by atoms with Crippen LogP contribution in [0.25, 0.3) is 0 Å². The highest BCUT2D eigenvalue weighted by Gasteiger charge is 2.50. The fourth-order valence-electron chi connectivity index (χ4n) is 2.66. The molecule has 0 aromatic carbocycles. The lowest BCUT2D eigenvalue weighted by molar-refractivity contribution is -0.126. The molecule has 82 valence electrons. The molecule has 4 atom stereocenters. The summed E-state index contributed by atoms with van der Waals surface area (Å²) in [7, 11) is 0. The smallest absolute Gasteiger partial charge is 0.231 e. The van der Waals surface area contributed by atoms with Crippen molar-refractivity contribution in [3.63, 3.8) is 0 Å². The van der Waals surface area contributed by atoms with E-state index in [-0.39, 0.29) is 42.1 Å². The number of allylic oxidation sites excluding steroid dienone is 1. The molecule has 0 aromatic rings. The summed E-state index contributed by atoms with van der Waals surface area (Å²) in [4.78, 5) is 23.2. The van der Waals surface area contributed by atoms with Gasteiger partial charge in [0, 0.05) is 5.92 Å². The standard InChI is InChI=1S/C11H15NO3/c1-5-3-7(4-13)9-8(6(5)2)10(14)12-11(9)15/h3,6-9,13H,4H2,1-2H3,(H,12,14,15)/t6-,7+,8+,9-/m1/s1. The van der Waals surface area contributed by atoms with Crippen LogP contribution >= 0.6 is 0 Å². The lowest BCUT2D eigenvalue weighted by atomic mass is 9.69. The van der Waals surface area contributed by atoms with Gasteiger partial charge in [0.25, 0.3) is 0 Å². The van der Waals surface area contributed by atoms with Crippen molar-refractivity contribution < 1.29 is 14.7 Å². The van der Waals surface area contributed by atoms with Crippen molar-refractivity contribution >= 4 is 11.8 Å². The Morgan fingerprint density at radius 1 is 1.33 bits per heavy atom. The van der Waals surface area contributed by atoms with E-state index in [1.165, 1.54) is 0 Å². The normalized spacial score (nSPS) is 39.8. The second-order valence-corrected chi connectivity index (χ2v) is 4.45. The minimum absolute atomic E-state index is 0.0775. The first kappa shape index (κ1) is 10.4. The molecule has 2 rings (SSSR count). The zero-order chi connectivity index (χ0) is 11.2. The number of imide groups is 1. The summed E-state index contributed by atoms with van der Waals surface area (Å²) in [5.74, 6) is -1.22. The number of fused-ring (bicyclic) bond motifs is 1. The van der Waals surface area contributed by atoms with Gasteiger partial charge in [-0.25, -0.2) is 0 Å². The first-order valence-electron chi connectivity index (χ1n) is 5.20. The number of carbonyl (C=O) groups is 2. The van der Waals surface area contributed by atoms with Crippen LogP contribution in [0.5, 0.6) is 0 Å². The van der Waals surface area contributed by atoms with Crippen molar-refractivity contribution in [2.45, 2.75) is 13.8 Å². The lowest BCUT2D eigenvalue weighted by Crippen LogP contribution is -2.36. The Morgan fingerprint density at radius 3 is 2.53 bits per heavy atom. The molecule has 0 aromatic heterocycles. The molecule has 0 spiro atoms. The van der Waals surface area contributed by atoms with E-state index in [1.807, 2.05) is 19.9 Å². The molecule has 1 saturated heterocycles. The van der Waals surface area contributed by atoms with Crippen LogP contribution in [0.4, 0.5) is 0 Å². The molecule has 2 aliphatic rings. The summed E-state index contributed by atoms with van der Waals surface area (Å²) < 4.78 is 0. The molecule has 0 radical (unpaired) electrons. The molecule has 1 fully saturated rings. The van der Waals surface area contributed by atoms with Gasteiger partial charge in [-0.2, -0.15) is 0 Å². The Hall–Kier alpha value is -1.16. The molecule has 1 aliphatic carbocycles. The second kappa shape index (κ2) is 3.45. The summed E-state index contributed by atoms with van der Waals surface area (Å²) in [5, 5.41) is 11.6. The third kappa shape index (κ3) is 1.40. The summed E-state index contributed by atoms with van der Waals surface area (Å²) in [6.07, 6.45) is 1.92. The number of hydrogen-bond donors (Lipinski definition) is 2. The van der Waals surface area contributed by atoms with Gasteiger partial charge in [-0.05, 0) is 12.8 Å². The van der Waals surface area contributed by atoms with Crippen molar-refractivity contribution in [3.05, 3.63) is 11.6 Å². The van der Waals surface area contributed by atoms with E-state index >= 15 is 0 Å². The van der Waals surface area contributed by atoms with Crippen LogP contribution in [0, 0.1) is 23.7 Å². The van der Waals surface area contributed by atoms with E-state index < -0.39 is 0 Å². The number of aliphatic hydroxyl groups excluding tert-OH is 1. The van der Waals surface area contributed by atoms with Crippen molar-refractivity contribution in [2.24, 2.45) is 23.7 Å². The topological polar surface area (TPSA) is 66.4 Å². The molecular formula is C11H15NO3. The first-order chi connectivity index (χ1) is 7.06. The predicted molar refractivity (Wildman–Crippen MR) is 53.6 cm³/mol. The van der Waals surface area contributed by atoms with Gasteiger partial charge in [0.05, 0.1) is 18.4 Å². The molecule has 1 heterocycles. The number of carbonyl (C=O) groups excluding carboxylic acids is 2. The zero-order valence-electron chi connectivity index (χ0n) is 8.86. The predicted octanol–water partition coefficient (Wildman–Crippen LogP) is 0.0797. The van der Waals surface area contributed by atoms with Crippen molar-refractivity contribution in [1.29, 1.82) is 0 Å². The average molecular weight is 209 g/mol. The van der Waals surface area contributed by atoms with E-state index in [4.69, 9.17) is 0 Å². The Labute approximate surface area is 88.4 Å². The van der Waals surface area contributed by atoms with E-state index in [9.17, 15) is 14.7 Å². The quantitative estimate of drug-likeness (QED) is 0.475. The fraction of sp³-hybridized carbons (Fsp3) is 0.636. The van der Waals surface area contributed by atoms with E-state index in [0.29, 0.717) is 0 Å². The van der Waals surface area contributed by atoms with Gasteiger partial charge in [0.2, 0.25) is 11.8 Å². The molecule has 2 N–H and O–H groups in total. The van der Waals surface area contributed by atoms with Crippen LogP contribution in [-0.4, -0.2) is 23.5 Å². The molecule has 0 bridgehead atoms. The van der Waals surface area contributed by atoms with Crippen LogP contribution in [0.1, 0.15) is 13.8 Å². The third-order valence-corrected chi connectivity index (χ3v) is 3.64. The third-order valence-electron chi connectivity index (χ3n) is 3.64. The average Bonchev–Trinajstić information content (AvgIpc) is 2.48. The Kier molecular flexibility index (Phi) is 2.38. The van der Waals surface area contributed by atoms with Crippen LogP contribution in [0.3, 0.4) is 0 Å². The molecule has 4 nitrogen and oxygen atoms in total. The van der Waals surface area contributed by atoms with Gasteiger partial charge in [0.15, 0.2) is 0 Å². The Morgan fingerprint density at radius 2 is 1.93 bits per heavy atom. The highest BCUT2D eigenvalue weighted by molar-refractivity contribution is 6.05. The Balaban J connectivity index is 2.41. The highest BCUT2D eigenvalue weighted by atomic mass is 16.3. The SMILES string of the molecule is CC1=C[C@@H](CO)[C@H]2C(=O)NC(=O)[C@H]2[C@@H]1C. The van der Waals surface area contributed by atoms with Gasteiger partial charge >= 0.3 is 0 Å². The number of nitrogens with one attached hydrogen (secondary N) is 1. The fourth-order valence-corrected chi connectivity index (χ4v) is 2.66. The maximum absolute atomic E-state index is 11.6. The number of aliphatic hydroxyl groups is 1. The van der Waals surface area contributed by atoms with Crippen molar-refractivity contribution in [1.82, 2.24) is 5.32 Å². The van der Waals surface area contributed by atoms with Crippen LogP contribution in [0.2, 0.25) is 0 Å². The summed E-state index contributed by atoms with van der Waals surface area (Å²) in [6, 6.07) is 0. The van der Waals surface area contributed by atoms with E-state index in [0.717, 1.165) is 5.57 Å². The second-order valence-electron chi connectivity index (χ2n) is 4.45. The molecule has 15 heavy (non-hydrogen) atoms. The van der Waals surface area contributed by atoms with Gasteiger partial charge < -0.3 is 5.11 Å². The Bertz CT molecular complexity index is 348. The number of hydrogen-bond acceptors (Lipinski definition) is 3. The zero-order valence-corrected chi connectivity index (χ0v) is 8.86. The molecule has 0 unspecified atom stereocenters. The maximum Gasteiger partial charge on any atom is 0.231 e. The lowest BCUT2D eigenvalue weighted by Gasteiger charge is -2.32.